The summed E-state index contributed by atoms with van der Waals surface area (Å²) in [5, 5.41) is 6.71. The molecule has 1 aromatic carbocycles. The minimum atomic E-state index is -0.356. The maximum atomic E-state index is 12.6. The highest BCUT2D eigenvalue weighted by Crippen LogP contribution is 2.20. The van der Waals surface area contributed by atoms with Crippen molar-refractivity contribution in [2.24, 2.45) is 0 Å². The van der Waals surface area contributed by atoms with Crippen molar-refractivity contribution in [3.05, 3.63) is 58.5 Å². The first-order valence-electron chi connectivity index (χ1n) is 8.34. The molecule has 7 nitrogen and oxygen atoms in total. The summed E-state index contributed by atoms with van der Waals surface area (Å²) in [7, 11) is 0. The molecule has 3 rings (SSSR count). The lowest BCUT2D eigenvalue weighted by Gasteiger charge is -2.10. The Kier molecular flexibility index (Phi) is 4.97. The smallest absolute Gasteiger partial charge is 0.263 e. The highest BCUT2D eigenvalue weighted by molar-refractivity contribution is 5.76. The molecule has 1 amide bonds. The molecule has 1 N–H and O–H groups in total. The van der Waals surface area contributed by atoms with E-state index in [2.05, 4.69) is 15.5 Å². The fourth-order valence-electron chi connectivity index (χ4n) is 2.50. The van der Waals surface area contributed by atoms with E-state index in [0.717, 1.165) is 11.1 Å². The molecule has 2 aromatic heterocycles. The number of hydrogen-bond acceptors (Lipinski definition) is 5. The third kappa shape index (κ3) is 3.88. The lowest BCUT2D eigenvalue weighted by molar-refractivity contribution is -0.122. The third-order valence-electron chi connectivity index (χ3n) is 3.75. The van der Waals surface area contributed by atoms with E-state index in [1.807, 2.05) is 45.0 Å². The van der Waals surface area contributed by atoms with Crippen molar-refractivity contribution in [1.29, 1.82) is 0 Å². The Bertz CT molecular complexity index is 971. The fourth-order valence-corrected chi connectivity index (χ4v) is 2.50. The van der Waals surface area contributed by atoms with Gasteiger partial charge in [0.15, 0.2) is 0 Å². The molecule has 0 aliphatic heterocycles. The number of hydrogen-bond donors (Lipinski definition) is 1. The zero-order valence-electron chi connectivity index (χ0n) is 14.9. The molecule has 0 spiro atoms. The van der Waals surface area contributed by atoms with E-state index < -0.39 is 0 Å². The Hall–Kier alpha value is -3.22. The number of aryl methyl sites for hydroxylation is 1. The number of carbonyl (C=O) groups excluding carboxylic acids is 1. The van der Waals surface area contributed by atoms with Gasteiger partial charge in [0.05, 0.1) is 0 Å². The molecule has 7 heteroatoms. The van der Waals surface area contributed by atoms with Crippen LogP contribution in [-0.2, 0) is 11.3 Å². The van der Waals surface area contributed by atoms with Crippen molar-refractivity contribution in [3.8, 4) is 22.8 Å². The summed E-state index contributed by atoms with van der Waals surface area (Å²) in [5.74, 6) is 0.307. The summed E-state index contributed by atoms with van der Waals surface area (Å²) in [6.07, 6.45) is 1.56. The van der Waals surface area contributed by atoms with Crippen LogP contribution in [0.4, 0.5) is 0 Å². The summed E-state index contributed by atoms with van der Waals surface area (Å²) in [4.78, 5) is 28.9. The van der Waals surface area contributed by atoms with Crippen LogP contribution in [0.2, 0.25) is 0 Å². The zero-order valence-corrected chi connectivity index (χ0v) is 14.9. The highest BCUT2D eigenvalue weighted by Gasteiger charge is 2.16. The second-order valence-electron chi connectivity index (χ2n) is 6.37. The number of rotatable bonds is 5. The summed E-state index contributed by atoms with van der Waals surface area (Å²) >= 11 is 0. The topological polar surface area (TPSA) is 90.0 Å². The van der Waals surface area contributed by atoms with E-state index in [9.17, 15) is 9.59 Å². The second-order valence-corrected chi connectivity index (χ2v) is 6.37. The van der Waals surface area contributed by atoms with E-state index in [1.54, 1.807) is 18.3 Å². The third-order valence-corrected chi connectivity index (χ3v) is 3.75. The van der Waals surface area contributed by atoms with Gasteiger partial charge in [0.25, 0.3) is 11.4 Å². The first kappa shape index (κ1) is 17.6. The molecule has 0 radical (unpaired) electrons. The fraction of sp³-hybridized carbons (Fsp3) is 0.263. The Morgan fingerprint density at radius 3 is 2.65 bits per heavy atom. The van der Waals surface area contributed by atoms with Gasteiger partial charge in [0, 0.05) is 17.8 Å². The monoisotopic (exact) mass is 352 g/mol. The average Bonchev–Trinajstić information content (AvgIpc) is 3.06. The van der Waals surface area contributed by atoms with Gasteiger partial charge in [0.1, 0.15) is 12.1 Å². The van der Waals surface area contributed by atoms with Gasteiger partial charge in [-0.25, -0.2) is 0 Å². The van der Waals surface area contributed by atoms with Crippen molar-refractivity contribution in [2.45, 2.75) is 33.4 Å². The number of amides is 1. The molecule has 0 aliphatic rings. The van der Waals surface area contributed by atoms with Crippen LogP contribution in [0.15, 0.2) is 51.9 Å². The molecule has 0 fully saturated rings. The summed E-state index contributed by atoms with van der Waals surface area (Å²) < 4.78 is 6.59. The largest absolute Gasteiger partial charge is 0.352 e. The van der Waals surface area contributed by atoms with Crippen molar-refractivity contribution in [3.63, 3.8) is 0 Å². The molecule has 0 saturated heterocycles. The Balaban J connectivity index is 1.88. The number of pyridine rings is 1. The quantitative estimate of drug-likeness (QED) is 0.761. The molecular weight excluding hydrogens is 332 g/mol. The van der Waals surface area contributed by atoms with Crippen molar-refractivity contribution >= 4 is 5.91 Å². The lowest BCUT2D eigenvalue weighted by Crippen LogP contribution is -2.36. The molecular formula is C19H20N4O3. The number of nitrogens with one attached hydrogen (secondary N) is 1. The van der Waals surface area contributed by atoms with E-state index in [0.29, 0.717) is 5.82 Å². The molecule has 0 bridgehead atoms. The van der Waals surface area contributed by atoms with Gasteiger partial charge in [0.2, 0.25) is 11.7 Å². The molecule has 3 aromatic rings. The standard InChI is InChI=1S/C19H20N4O3/c1-12(2)20-16(24)11-23-10-4-5-15(19(23)25)18-21-17(22-26-18)14-8-6-13(3)7-9-14/h4-10,12H,11H2,1-3H3,(H,20,24). The van der Waals surface area contributed by atoms with E-state index in [-0.39, 0.29) is 35.5 Å². The molecule has 134 valence electrons. The van der Waals surface area contributed by atoms with Crippen LogP contribution in [0.1, 0.15) is 19.4 Å². The molecule has 2 heterocycles. The van der Waals surface area contributed by atoms with Gasteiger partial charge in [-0.3, -0.25) is 9.59 Å². The lowest BCUT2D eigenvalue weighted by atomic mass is 10.1. The van der Waals surface area contributed by atoms with Gasteiger partial charge in [-0.1, -0.05) is 35.0 Å². The minimum Gasteiger partial charge on any atom is -0.352 e. The van der Waals surface area contributed by atoms with E-state index in [1.165, 1.54) is 4.57 Å². The minimum absolute atomic E-state index is 0.00870. The van der Waals surface area contributed by atoms with Gasteiger partial charge < -0.3 is 14.4 Å². The summed E-state index contributed by atoms with van der Waals surface area (Å²) in [6, 6.07) is 11.0. The van der Waals surface area contributed by atoms with Gasteiger partial charge >= 0.3 is 0 Å². The first-order chi connectivity index (χ1) is 12.4. The Morgan fingerprint density at radius 2 is 1.96 bits per heavy atom. The number of aromatic nitrogens is 3. The van der Waals surface area contributed by atoms with Crippen molar-refractivity contribution in [2.75, 3.05) is 0 Å². The summed E-state index contributed by atoms with van der Waals surface area (Å²) in [6.45, 7) is 5.65. The predicted octanol–water partition coefficient (Wildman–Crippen LogP) is 2.40. The summed E-state index contributed by atoms with van der Waals surface area (Å²) in [5.41, 5.74) is 1.84. The van der Waals surface area contributed by atoms with Crippen LogP contribution >= 0.6 is 0 Å². The van der Waals surface area contributed by atoms with Crippen LogP contribution in [-0.4, -0.2) is 26.7 Å². The molecule has 26 heavy (non-hydrogen) atoms. The predicted molar refractivity (Wildman–Crippen MR) is 97.4 cm³/mol. The second kappa shape index (κ2) is 7.35. The number of benzene rings is 1. The zero-order chi connectivity index (χ0) is 18.7. The van der Waals surface area contributed by atoms with Crippen LogP contribution < -0.4 is 10.9 Å². The molecule has 0 atom stereocenters. The number of carbonyl (C=O) groups is 1. The van der Waals surface area contributed by atoms with Crippen LogP contribution in [0.3, 0.4) is 0 Å². The molecule has 0 unspecified atom stereocenters. The number of nitrogens with zero attached hydrogens (tertiary/aromatic N) is 3. The molecule has 0 aliphatic carbocycles. The maximum absolute atomic E-state index is 12.6. The van der Waals surface area contributed by atoms with Crippen LogP contribution in [0.25, 0.3) is 22.8 Å². The van der Waals surface area contributed by atoms with Crippen molar-refractivity contribution in [1.82, 2.24) is 20.0 Å². The average molecular weight is 352 g/mol. The first-order valence-corrected chi connectivity index (χ1v) is 8.34. The van der Waals surface area contributed by atoms with Crippen molar-refractivity contribution < 1.29 is 9.32 Å². The van der Waals surface area contributed by atoms with Gasteiger partial charge in [-0.2, -0.15) is 4.98 Å². The van der Waals surface area contributed by atoms with Crippen LogP contribution in [0, 0.1) is 6.92 Å². The van der Waals surface area contributed by atoms with E-state index in [4.69, 9.17) is 4.52 Å². The van der Waals surface area contributed by atoms with Gasteiger partial charge in [-0.15, -0.1) is 0 Å². The SMILES string of the molecule is Cc1ccc(-c2noc(-c3cccn(CC(=O)NC(C)C)c3=O)n2)cc1. The Morgan fingerprint density at radius 1 is 1.23 bits per heavy atom. The normalized spacial score (nSPS) is 10.9. The highest BCUT2D eigenvalue weighted by atomic mass is 16.5. The Labute approximate surface area is 150 Å². The van der Waals surface area contributed by atoms with Gasteiger partial charge in [-0.05, 0) is 32.9 Å². The maximum Gasteiger partial charge on any atom is 0.263 e. The molecule has 0 saturated carbocycles. The van der Waals surface area contributed by atoms with Crippen LogP contribution in [0.5, 0.6) is 0 Å². The van der Waals surface area contributed by atoms with E-state index >= 15 is 0 Å².